The molecule has 5 nitrogen and oxygen atoms in total. The monoisotopic (exact) mass is 329 g/mol. The third kappa shape index (κ3) is 3.58. The zero-order chi connectivity index (χ0) is 16.9. The van der Waals surface area contributed by atoms with Gasteiger partial charge in [0, 0.05) is 13.1 Å². The van der Waals surface area contributed by atoms with E-state index < -0.39 is 0 Å². The number of nitrogens with one attached hydrogen (secondary N) is 2. The Labute approximate surface area is 145 Å². The molecule has 2 unspecified atom stereocenters. The van der Waals surface area contributed by atoms with E-state index in [0.717, 1.165) is 51.3 Å². The molecular formula is C19H31N5. The van der Waals surface area contributed by atoms with Crippen molar-refractivity contribution in [3.05, 3.63) is 46.8 Å². The van der Waals surface area contributed by atoms with Gasteiger partial charge in [-0.05, 0) is 61.4 Å². The van der Waals surface area contributed by atoms with Crippen LogP contribution in [0.3, 0.4) is 0 Å². The number of nitrogens with two attached hydrogens (primary N) is 2. The van der Waals surface area contributed by atoms with Gasteiger partial charge in [0.2, 0.25) is 0 Å². The number of nitrogens with zero attached hydrogens (tertiary/aromatic N) is 1. The van der Waals surface area contributed by atoms with Gasteiger partial charge in [0.1, 0.15) is 5.82 Å². The number of likely N-dealkylation sites (tertiary alicyclic amines) is 1. The highest BCUT2D eigenvalue weighted by atomic mass is 15.4. The van der Waals surface area contributed by atoms with E-state index in [1.54, 1.807) is 0 Å². The minimum absolute atomic E-state index is 0.0671. The van der Waals surface area contributed by atoms with Crippen LogP contribution in [0, 0.1) is 5.92 Å². The quantitative estimate of drug-likeness (QED) is 0.375. The summed E-state index contributed by atoms with van der Waals surface area (Å²) >= 11 is 0. The van der Waals surface area contributed by atoms with Crippen LogP contribution in [0.15, 0.2) is 35.7 Å². The highest BCUT2D eigenvalue weighted by Crippen LogP contribution is 2.34. The first kappa shape index (κ1) is 17.3. The van der Waals surface area contributed by atoms with Crippen LogP contribution in [0.1, 0.15) is 43.4 Å². The summed E-state index contributed by atoms with van der Waals surface area (Å²) in [6.07, 6.45) is 4.43. The Kier molecular flexibility index (Phi) is 5.76. The molecule has 24 heavy (non-hydrogen) atoms. The molecule has 132 valence electrons. The van der Waals surface area contributed by atoms with Gasteiger partial charge in [-0.1, -0.05) is 31.2 Å². The van der Waals surface area contributed by atoms with Crippen LogP contribution >= 0.6 is 0 Å². The predicted octanol–water partition coefficient (Wildman–Crippen LogP) is 1.63. The van der Waals surface area contributed by atoms with E-state index in [9.17, 15) is 0 Å². The lowest BCUT2D eigenvalue weighted by atomic mass is 9.96. The molecule has 0 spiro atoms. The fourth-order valence-corrected chi connectivity index (χ4v) is 4.08. The SMILES string of the molecule is CCNCC1CCN(/C(NN)=C2\CCCc3ccccc3C2N)C1. The molecule has 0 amide bonds. The average Bonchev–Trinajstić information content (AvgIpc) is 3.01. The van der Waals surface area contributed by atoms with Crippen molar-refractivity contribution in [3.63, 3.8) is 0 Å². The molecule has 2 aliphatic rings. The lowest BCUT2D eigenvalue weighted by Gasteiger charge is -2.28. The molecule has 1 aromatic rings. The van der Waals surface area contributed by atoms with Crippen molar-refractivity contribution in [2.45, 2.75) is 38.6 Å². The summed E-state index contributed by atoms with van der Waals surface area (Å²) < 4.78 is 0. The summed E-state index contributed by atoms with van der Waals surface area (Å²) in [5.41, 5.74) is 13.5. The van der Waals surface area contributed by atoms with Crippen LogP contribution in [-0.2, 0) is 6.42 Å². The molecule has 0 bridgehead atoms. The molecule has 6 N–H and O–H groups in total. The lowest BCUT2D eigenvalue weighted by Crippen LogP contribution is -2.38. The van der Waals surface area contributed by atoms with E-state index in [-0.39, 0.29) is 6.04 Å². The van der Waals surface area contributed by atoms with Crippen molar-refractivity contribution >= 4 is 0 Å². The fourth-order valence-electron chi connectivity index (χ4n) is 4.08. The minimum Gasteiger partial charge on any atom is -0.357 e. The van der Waals surface area contributed by atoms with Crippen molar-refractivity contribution in [1.82, 2.24) is 15.6 Å². The van der Waals surface area contributed by atoms with Crippen LogP contribution in [0.5, 0.6) is 0 Å². The molecule has 1 fully saturated rings. The second-order valence-electron chi connectivity index (χ2n) is 6.96. The first-order valence-corrected chi connectivity index (χ1v) is 9.23. The van der Waals surface area contributed by atoms with Gasteiger partial charge < -0.3 is 21.4 Å². The maximum Gasteiger partial charge on any atom is 0.117 e. The number of rotatable bonds is 5. The Morgan fingerprint density at radius 2 is 2.12 bits per heavy atom. The Morgan fingerprint density at radius 3 is 2.92 bits per heavy atom. The van der Waals surface area contributed by atoms with Crippen LogP contribution in [0.25, 0.3) is 0 Å². The topological polar surface area (TPSA) is 79.3 Å². The van der Waals surface area contributed by atoms with Gasteiger partial charge in [-0.25, -0.2) is 5.84 Å². The maximum atomic E-state index is 6.66. The molecule has 0 saturated carbocycles. The summed E-state index contributed by atoms with van der Waals surface area (Å²) in [6.45, 7) is 6.36. The van der Waals surface area contributed by atoms with Gasteiger partial charge in [0.15, 0.2) is 0 Å². The lowest BCUT2D eigenvalue weighted by molar-refractivity contribution is 0.360. The number of hydrogen-bond acceptors (Lipinski definition) is 5. The molecule has 1 heterocycles. The van der Waals surface area contributed by atoms with Gasteiger partial charge in [-0.3, -0.25) is 0 Å². The number of benzene rings is 1. The zero-order valence-electron chi connectivity index (χ0n) is 14.7. The summed E-state index contributed by atoms with van der Waals surface area (Å²) in [5.74, 6) is 7.68. The third-order valence-corrected chi connectivity index (χ3v) is 5.38. The van der Waals surface area contributed by atoms with Gasteiger partial charge in [-0.2, -0.15) is 0 Å². The Bertz CT molecular complexity index is 583. The van der Waals surface area contributed by atoms with E-state index in [2.05, 4.69) is 46.8 Å². The minimum atomic E-state index is -0.0671. The molecular weight excluding hydrogens is 298 g/mol. The molecule has 0 aromatic heterocycles. The van der Waals surface area contributed by atoms with Crippen molar-refractivity contribution in [3.8, 4) is 0 Å². The molecule has 3 rings (SSSR count). The van der Waals surface area contributed by atoms with E-state index in [1.807, 2.05) is 0 Å². The van der Waals surface area contributed by atoms with Gasteiger partial charge in [0.25, 0.3) is 0 Å². The number of hydrogen-bond donors (Lipinski definition) is 4. The molecule has 2 atom stereocenters. The first-order chi connectivity index (χ1) is 11.7. The molecule has 1 aliphatic heterocycles. The van der Waals surface area contributed by atoms with E-state index in [4.69, 9.17) is 11.6 Å². The van der Waals surface area contributed by atoms with Gasteiger partial charge in [-0.15, -0.1) is 0 Å². The maximum absolute atomic E-state index is 6.66. The second-order valence-corrected chi connectivity index (χ2v) is 6.96. The number of hydrazine groups is 1. The van der Waals surface area contributed by atoms with Crippen molar-refractivity contribution < 1.29 is 0 Å². The standard InChI is InChI=1S/C19H31N5/c1-2-22-12-14-10-11-24(13-14)19(23-21)17-9-5-7-15-6-3-4-8-16(15)18(17)20/h3-4,6,8,14,18,22-23H,2,5,7,9-13,20-21H2,1H3/b19-17+. The number of aryl methyl sites for hydroxylation is 1. The van der Waals surface area contributed by atoms with Crippen molar-refractivity contribution in [2.24, 2.45) is 17.5 Å². The third-order valence-electron chi connectivity index (χ3n) is 5.38. The van der Waals surface area contributed by atoms with E-state index in [0.29, 0.717) is 5.92 Å². The summed E-state index contributed by atoms with van der Waals surface area (Å²) in [7, 11) is 0. The van der Waals surface area contributed by atoms with Crippen LogP contribution in [-0.4, -0.2) is 31.1 Å². The predicted molar refractivity (Wildman–Crippen MR) is 98.9 cm³/mol. The fraction of sp³-hybridized carbons (Fsp3) is 0.579. The first-order valence-electron chi connectivity index (χ1n) is 9.23. The van der Waals surface area contributed by atoms with Crippen LogP contribution < -0.4 is 22.3 Å². The molecule has 1 aliphatic carbocycles. The van der Waals surface area contributed by atoms with Crippen molar-refractivity contribution in [1.29, 1.82) is 0 Å². The van der Waals surface area contributed by atoms with E-state index >= 15 is 0 Å². The Balaban J connectivity index is 1.83. The summed E-state index contributed by atoms with van der Waals surface area (Å²) in [5, 5.41) is 3.46. The Morgan fingerprint density at radius 1 is 1.29 bits per heavy atom. The second kappa shape index (κ2) is 8.01. The highest BCUT2D eigenvalue weighted by Gasteiger charge is 2.28. The van der Waals surface area contributed by atoms with Crippen LogP contribution in [0.2, 0.25) is 0 Å². The molecule has 0 radical (unpaired) electrons. The Hall–Kier alpha value is -1.56. The van der Waals surface area contributed by atoms with Gasteiger partial charge >= 0.3 is 0 Å². The molecule has 5 heteroatoms. The zero-order valence-corrected chi connectivity index (χ0v) is 14.7. The van der Waals surface area contributed by atoms with Gasteiger partial charge in [0.05, 0.1) is 6.04 Å². The molecule has 1 aromatic carbocycles. The molecule has 1 saturated heterocycles. The average molecular weight is 329 g/mol. The van der Waals surface area contributed by atoms with Crippen molar-refractivity contribution in [2.75, 3.05) is 26.2 Å². The van der Waals surface area contributed by atoms with E-state index in [1.165, 1.54) is 23.1 Å². The van der Waals surface area contributed by atoms with Crippen LogP contribution in [0.4, 0.5) is 0 Å². The summed E-state index contributed by atoms with van der Waals surface area (Å²) in [4.78, 5) is 2.39. The largest absolute Gasteiger partial charge is 0.357 e. The summed E-state index contributed by atoms with van der Waals surface area (Å²) in [6, 6.07) is 8.49. The number of fused-ring (bicyclic) bond motifs is 1. The smallest absolute Gasteiger partial charge is 0.117 e. The highest BCUT2D eigenvalue weighted by molar-refractivity contribution is 5.38. The normalized spacial score (nSPS) is 26.0.